The van der Waals surface area contributed by atoms with E-state index in [1.54, 1.807) is 12.1 Å². The normalized spacial score (nSPS) is 14.3. The second-order valence-corrected chi connectivity index (χ2v) is 6.15. The molecule has 0 radical (unpaired) electrons. The van der Waals surface area contributed by atoms with E-state index < -0.39 is 0 Å². The number of hydrogen-bond donors (Lipinski definition) is 0. The van der Waals surface area contributed by atoms with Crippen LogP contribution in [0.3, 0.4) is 0 Å². The third-order valence-corrected chi connectivity index (χ3v) is 4.23. The molecule has 2 aromatic carbocycles. The number of carbonyl (C=O) groups excluding carboxylic acids is 2. The number of hydrogen-bond acceptors (Lipinski definition) is 3. The van der Waals surface area contributed by atoms with Crippen molar-refractivity contribution in [1.29, 1.82) is 0 Å². The third kappa shape index (κ3) is 2.38. The van der Waals surface area contributed by atoms with Crippen molar-refractivity contribution in [1.82, 2.24) is 9.80 Å². The van der Waals surface area contributed by atoms with Gasteiger partial charge in [0.25, 0.3) is 11.8 Å². The average molecular weight is 317 g/mol. The van der Waals surface area contributed by atoms with Gasteiger partial charge in [-0.2, -0.15) is 0 Å². The molecular weight excluding hydrogens is 300 g/mol. The molecule has 0 unspecified atom stereocenters. The lowest BCUT2D eigenvalue weighted by Gasteiger charge is -2.28. The molecular formula is C17H17ClN2O2. The minimum absolute atomic E-state index is 0.232. The Labute approximate surface area is 134 Å². The summed E-state index contributed by atoms with van der Waals surface area (Å²) >= 11 is 6.23. The van der Waals surface area contributed by atoms with E-state index in [0.29, 0.717) is 28.1 Å². The molecule has 3 rings (SSSR count). The molecule has 0 aliphatic carbocycles. The summed E-state index contributed by atoms with van der Waals surface area (Å²) in [4.78, 5) is 28.7. The fraction of sp³-hybridized carbons (Fsp3) is 0.294. The molecule has 0 N–H and O–H groups in total. The standard InChI is InChI=1S/C17H17ClN2O2/c1-19(2)9-4-10-20-16(21)12-6-3-5-11-7-8-13(18)15(14(11)12)17(20)22/h3,5-8H,4,9-10H2,1-2H3. The van der Waals surface area contributed by atoms with E-state index in [1.165, 1.54) is 4.90 Å². The molecule has 22 heavy (non-hydrogen) atoms. The minimum Gasteiger partial charge on any atom is -0.309 e. The highest BCUT2D eigenvalue weighted by Gasteiger charge is 2.33. The van der Waals surface area contributed by atoms with E-state index >= 15 is 0 Å². The lowest BCUT2D eigenvalue weighted by Crippen LogP contribution is -2.41. The quantitative estimate of drug-likeness (QED) is 0.814. The topological polar surface area (TPSA) is 40.6 Å². The molecule has 0 saturated carbocycles. The summed E-state index contributed by atoms with van der Waals surface area (Å²) in [5, 5.41) is 1.94. The average Bonchev–Trinajstić information content (AvgIpc) is 2.48. The highest BCUT2D eigenvalue weighted by molar-refractivity contribution is 6.38. The number of amides is 2. The van der Waals surface area contributed by atoms with E-state index in [4.69, 9.17) is 11.6 Å². The zero-order chi connectivity index (χ0) is 15.9. The van der Waals surface area contributed by atoms with Crippen LogP contribution in [0.5, 0.6) is 0 Å². The van der Waals surface area contributed by atoms with Gasteiger partial charge in [0.15, 0.2) is 0 Å². The van der Waals surface area contributed by atoms with Gasteiger partial charge in [-0.05, 0) is 44.6 Å². The zero-order valence-electron chi connectivity index (χ0n) is 12.6. The van der Waals surface area contributed by atoms with Crippen LogP contribution in [-0.4, -0.2) is 48.8 Å². The van der Waals surface area contributed by atoms with Crippen molar-refractivity contribution in [2.75, 3.05) is 27.2 Å². The second kappa shape index (κ2) is 5.71. The number of halogens is 1. The van der Waals surface area contributed by atoms with Crippen LogP contribution in [0.15, 0.2) is 30.3 Å². The van der Waals surface area contributed by atoms with Gasteiger partial charge in [-0.15, -0.1) is 0 Å². The number of carbonyl (C=O) groups is 2. The molecule has 0 saturated heterocycles. The fourth-order valence-electron chi connectivity index (χ4n) is 2.86. The van der Waals surface area contributed by atoms with Gasteiger partial charge in [0.1, 0.15) is 0 Å². The Balaban J connectivity index is 2.05. The molecule has 0 bridgehead atoms. The van der Waals surface area contributed by atoms with Crippen molar-refractivity contribution < 1.29 is 9.59 Å². The van der Waals surface area contributed by atoms with Crippen molar-refractivity contribution in [2.45, 2.75) is 6.42 Å². The van der Waals surface area contributed by atoms with Gasteiger partial charge in [-0.1, -0.05) is 29.8 Å². The number of rotatable bonds is 4. The number of nitrogens with zero attached hydrogens (tertiary/aromatic N) is 2. The Hall–Kier alpha value is -1.91. The van der Waals surface area contributed by atoms with Crippen LogP contribution < -0.4 is 0 Å². The summed E-state index contributed by atoms with van der Waals surface area (Å²) in [6.07, 6.45) is 0.736. The molecule has 114 valence electrons. The lowest BCUT2D eigenvalue weighted by molar-refractivity contribution is 0.0606. The van der Waals surface area contributed by atoms with Gasteiger partial charge in [0.2, 0.25) is 0 Å². The van der Waals surface area contributed by atoms with Crippen molar-refractivity contribution in [3.63, 3.8) is 0 Å². The molecule has 0 spiro atoms. The van der Waals surface area contributed by atoms with Crippen LogP contribution in [0.4, 0.5) is 0 Å². The van der Waals surface area contributed by atoms with Gasteiger partial charge < -0.3 is 4.90 Å². The predicted octanol–water partition coefficient (Wildman–Crippen LogP) is 3.04. The number of imide groups is 1. The summed E-state index contributed by atoms with van der Waals surface area (Å²) < 4.78 is 0. The highest BCUT2D eigenvalue weighted by atomic mass is 35.5. The molecule has 1 aliphatic rings. The summed E-state index contributed by atoms with van der Waals surface area (Å²) in [6, 6.07) is 9.04. The Kier molecular flexibility index (Phi) is 3.89. The first-order valence-electron chi connectivity index (χ1n) is 7.23. The fourth-order valence-corrected chi connectivity index (χ4v) is 3.10. The molecule has 4 nitrogen and oxygen atoms in total. The first kappa shape index (κ1) is 15.0. The SMILES string of the molecule is CN(C)CCCN1C(=O)c2cccc3ccc(Cl)c(c23)C1=O. The van der Waals surface area contributed by atoms with Crippen LogP contribution in [0.1, 0.15) is 27.1 Å². The molecule has 5 heteroatoms. The Morgan fingerprint density at radius 2 is 1.86 bits per heavy atom. The van der Waals surface area contributed by atoms with Crippen LogP contribution in [-0.2, 0) is 0 Å². The van der Waals surface area contributed by atoms with E-state index in [2.05, 4.69) is 0 Å². The van der Waals surface area contributed by atoms with Gasteiger partial charge in [-0.25, -0.2) is 0 Å². The Bertz CT molecular complexity index is 771. The monoisotopic (exact) mass is 316 g/mol. The van der Waals surface area contributed by atoms with Crippen LogP contribution in [0.2, 0.25) is 5.02 Å². The zero-order valence-corrected chi connectivity index (χ0v) is 13.4. The van der Waals surface area contributed by atoms with Crippen LogP contribution >= 0.6 is 11.6 Å². The van der Waals surface area contributed by atoms with Gasteiger partial charge in [0, 0.05) is 17.5 Å². The maximum Gasteiger partial charge on any atom is 0.262 e. The third-order valence-electron chi connectivity index (χ3n) is 3.92. The maximum absolute atomic E-state index is 12.7. The smallest absolute Gasteiger partial charge is 0.262 e. The maximum atomic E-state index is 12.7. The first-order valence-corrected chi connectivity index (χ1v) is 7.60. The van der Waals surface area contributed by atoms with Crippen LogP contribution in [0, 0.1) is 0 Å². The van der Waals surface area contributed by atoms with E-state index in [9.17, 15) is 9.59 Å². The highest BCUT2D eigenvalue weighted by Crippen LogP contribution is 2.34. The van der Waals surface area contributed by atoms with Crippen molar-refractivity contribution in [2.24, 2.45) is 0 Å². The second-order valence-electron chi connectivity index (χ2n) is 5.74. The molecule has 2 aromatic rings. The predicted molar refractivity (Wildman–Crippen MR) is 87.5 cm³/mol. The molecule has 0 fully saturated rings. The summed E-state index contributed by atoms with van der Waals surface area (Å²) in [5.74, 6) is -0.526. The molecule has 0 aromatic heterocycles. The molecule has 1 aliphatic heterocycles. The van der Waals surface area contributed by atoms with Gasteiger partial charge in [0.05, 0.1) is 10.6 Å². The largest absolute Gasteiger partial charge is 0.309 e. The summed E-state index contributed by atoms with van der Waals surface area (Å²) in [6.45, 7) is 1.22. The van der Waals surface area contributed by atoms with Crippen LogP contribution in [0.25, 0.3) is 10.8 Å². The van der Waals surface area contributed by atoms with E-state index in [-0.39, 0.29) is 11.8 Å². The lowest BCUT2D eigenvalue weighted by atomic mass is 9.94. The molecule has 2 amide bonds. The van der Waals surface area contributed by atoms with E-state index in [0.717, 1.165) is 18.4 Å². The van der Waals surface area contributed by atoms with Gasteiger partial charge in [-0.3, -0.25) is 14.5 Å². The van der Waals surface area contributed by atoms with Crippen molar-refractivity contribution in [3.8, 4) is 0 Å². The molecule has 0 atom stereocenters. The Morgan fingerprint density at radius 1 is 1.09 bits per heavy atom. The first-order chi connectivity index (χ1) is 10.5. The van der Waals surface area contributed by atoms with Gasteiger partial charge >= 0.3 is 0 Å². The summed E-state index contributed by atoms with van der Waals surface area (Å²) in [5.41, 5.74) is 0.999. The minimum atomic E-state index is -0.293. The summed E-state index contributed by atoms with van der Waals surface area (Å²) in [7, 11) is 3.93. The number of benzene rings is 2. The van der Waals surface area contributed by atoms with Crippen molar-refractivity contribution >= 4 is 34.2 Å². The molecule has 1 heterocycles. The Morgan fingerprint density at radius 3 is 2.59 bits per heavy atom. The van der Waals surface area contributed by atoms with Crippen molar-refractivity contribution in [3.05, 3.63) is 46.5 Å². The van der Waals surface area contributed by atoms with E-state index in [1.807, 2.05) is 37.2 Å².